The van der Waals surface area contributed by atoms with Crippen LogP contribution in [0.1, 0.15) is 50.4 Å². The smallest absolute Gasteiger partial charge is 0.223 e. The van der Waals surface area contributed by atoms with Crippen LogP contribution in [0.2, 0.25) is 0 Å². The third kappa shape index (κ3) is 3.61. The Hall–Kier alpha value is -1.87. The van der Waals surface area contributed by atoms with E-state index >= 15 is 0 Å². The van der Waals surface area contributed by atoms with Crippen molar-refractivity contribution in [3.63, 3.8) is 0 Å². The summed E-state index contributed by atoms with van der Waals surface area (Å²) >= 11 is 0. The Morgan fingerprint density at radius 3 is 2.48 bits per heavy atom. The second kappa shape index (κ2) is 5.86. The predicted octanol–water partition coefficient (Wildman–Crippen LogP) is 4.50. The van der Waals surface area contributed by atoms with Gasteiger partial charge in [0.1, 0.15) is 5.75 Å². The zero-order chi connectivity index (χ0) is 15.6. The zero-order valence-electron chi connectivity index (χ0n) is 13.5. The van der Waals surface area contributed by atoms with Crippen LogP contribution in [0.3, 0.4) is 0 Å². The van der Waals surface area contributed by atoms with Gasteiger partial charge in [0.2, 0.25) is 5.88 Å². The molecule has 112 valence electrons. The molecule has 0 amide bonds. The van der Waals surface area contributed by atoms with Gasteiger partial charge in [-0.2, -0.15) is 0 Å². The third-order valence-corrected chi connectivity index (χ3v) is 3.54. The Morgan fingerprint density at radius 2 is 1.90 bits per heavy atom. The molecule has 0 aliphatic carbocycles. The molecule has 0 bridgehead atoms. The van der Waals surface area contributed by atoms with Crippen LogP contribution < -0.4 is 10.5 Å². The van der Waals surface area contributed by atoms with Crippen LogP contribution in [-0.4, -0.2) is 4.98 Å². The summed E-state index contributed by atoms with van der Waals surface area (Å²) in [6.45, 7) is 10.6. The number of nitrogens with zero attached hydrogens (tertiary/aromatic N) is 1. The lowest BCUT2D eigenvalue weighted by Gasteiger charge is -2.21. The number of hydrogen-bond donors (Lipinski definition) is 1. The van der Waals surface area contributed by atoms with Crippen LogP contribution in [0.15, 0.2) is 36.5 Å². The molecule has 1 atom stereocenters. The molecular weight excluding hydrogens is 260 g/mol. The Bertz CT molecular complexity index is 627. The molecule has 2 N–H and O–H groups in total. The van der Waals surface area contributed by atoms with Gasteiger partial charge in [0.05, 0.1) is 0 Å². The number of rotatable bonds is 3. The predicted molar refractivity (Wildman–Crippen MR) is 86.8 cm³/mol. The van der Waals surface area contributed by atoms with Crippen molar-refractivity contribution in [2.45, 2.75) is 46.1 Å². The Balaban J connectivity index is 2.33. The van der Waals surface area contributed by atoms with E-state index in [-0.39, 0.29) is 11.5 Å². The average molecular weight is 284 g/mol. The minimum absolute atomic E-state index is 0.108. The summed E-state index contributed by atoms with van der Waals surface area (Å²) in [4.78, 5) is 4.31. The number of nitrogens with two attached hydrogens (primary N) is 1. The van der Waals surface area contributed by atoms with Crippen LogP contribution in [0.5, 0.6) is 11.6 Å². The molecular formula is C18H24N2O. The van der Waals surface area contributed by atoms with E-state index in [1.165, 1.54) is 5.56 Å². The molecule has 3 heteroatoms. The molecule has 0 aliphatic heterocycles. The largest absolute Gasteiger partial charge is 0.438 e. The topological polar surface area (TPSA) is 48.1 Å². The summed E-state index contributed by atoms with van der Waals surface area (Å²) < 4.78 is 5.98. The molecule has 2 aromatic rings. The number of benzene rings is 1. The zero-order valence-corrected chi connectivity index (χ0v) is 13.5. The molecule has 0 radical (unpaired) electrons. The van der Waals surface area contributed by atoms with Gasteiger partial charge < -0.3 is 10.5 Å². The lowest BCUT2D eigenvalue weighted by molar-refractivity contribution is 0.448. The fourth-order valence-corrected chi connectivity index (χ4v) is 2.17. The van der Waals surface area contributed by atoms with E-state index in [9.17, 15) is 0 Å². The first-order valence-electron chi connectivity index (χ1n) is 7.28. The first-order valence-corrected chi connectivity index (χ1v) is 7.28. The van der Waals surface area contributed by atoms with E-state index in [0.29, 0.717) is 5.88 Å². The van der Waals surface area contributed by atoms with Crippen molar-refractivity contribution in [1.82, 2.24) is 4.98 Å². The molecule has 0 aliphatic rings. The van der Waals surface area contributed by atoms with Gasteiger partial charge in [-0.05, 0) is 42.5 Å². The third-order valence-electron chi connectivity index (χ3n) is 3.54. The average Bonchev–Trinajstić information content (AvgIpc) is 2.40. The second-order valence-corrected chi connectivity index (χ2v) is 6.52. The van der Waals surface area contributed by atoms with Gasteiger partial charge >= 0.3 is 0 Å². The Morgan fingerprint density at radius 1 is 1.19 bits per heavy atom. The number of aromatic nitrogens is 1. The second-order valence-electron chi connectivity index (χ2n) is 6.52. The van der Waals surface area contributed by atoms with Gasteiger partial charge in [0.15, 0.2) is 0 Å². The molecule has 1 aromatic carbocycles. The maximum Gasteiger partial charge on any atom is 0.223 e. The van der Waals surface area contributed by atoms with Crippen LogP contribution in [-0.2, 0) is 5.41 Å². The van der Waals surface area contributed by atoms with Gasteiger partial charge in [-0.25, -0.2) is 4.98 Å². The molecule has 1 unspecified atom stereocenters. The summed E-state index contributed by atoms with van der Waals surface area (Å²) in [7, 11) is 0. The van der Waals surface area contributed by atoms with Crippen LogP contribution in [0.25, 0.3) is 0 Å². The summed E-state index contributed by atoms with van der Waals surface area (Å²) in [5, 5.41) is 0. The van der Waals surface area contributed by atoms with Crippen molar-refractivity contribution in [3.05, 3.63) is 53.2 Å². The number of ether oxygens (including phenoxy) is 1. The maximum atomic E-state index is 5.98. The monoisotopic (exact) mass is 284 g/mol. The molecule has 0 spiro atoms. The minimum Gasteiger partial charge on any atom is -0.438 e. The number of pyridine rings is 1. The van der Waals surface area contributed by atoms with Crippen molar-refractivity contribution in [2.24, 2.45) is 5.73 Å². The fraction of sp³-hybridized carbons (Fsp3) is 0.389. The van der Waals surface area contributed by atoms with Crippen molar-refractivity contribution in [1.29, 1.82) is 0 Å². The van der Waals surface area contributed by atoms with Crippen molar-refractivity contribution in [3.8, 4) is 11.6 Å². The van der Waals surface area contributed by atoms with E-state index in [0.717, 1.165) is 16.9 Å². The highest BCUT2D eigenvalue weighted by atomic mass is 16.5. The van der Waals surface area contributed by atoms with E-state index in [1.54, 1.807) is 6.20 Å². The fourth-order valence-electron chi connectivity index (χ4n) is 2.17. The molecule has 0 saturated heterocycles. The molecule has 1 heterocycles. The molecule has 1 aromatic heterocycles. The lowest BCUT2D eigenvalue weighted by atomic mass is 9.86. The van der Waals surface area contributed by atoms with Crippen LogP contribution >= 0.6 is 0 Å². The van der Waals surface area contributed by atoms with Gasteiger partial charge in [-0.1, -0.05) is 39.0 Å². The molecule has 2 rings (SSSR count). The van der Waals surface area contributed by atoms with Crippen molar-refractivity contribution < 1.29 is 4.74 Å². The van der Waals surface area contributed by atoms with E-state index in [2.05, 4.69) is 44.8 Å². The quantitative estimate of drug-likeness (QED) is 0.902. The van der Waals surface area contributed by atoms with Gasteiger partial charge in [0, 0.05) is 17.8 Å². The van der Waals surface area contributed by atoms with Gasteiger partial charge in [-0.3, -0.25) is 0 Å². The van der Waals surface area contributed by atoms with E-state index in [4.69, 9.17) is 10.5 Å². The van der Waals surface area contributed by atoms with E-state index in [1.807, 2.05) is 25.1 Å². The minimum atomic E-state index is -0.108. The summed E-state index contributed by atoms with van der Waals surface area (Å²) in [6.07, 6.45) is 1.72. The first-order chi connectivity index (χ1) is 9.79. The lowest BCUT2D eigenvalue weighted by Crippen LogP contribution is -2.11. The Labute approximate surface area is 127 Å². The summed E-state index contributed by atoms with van der Waals surface area (Å²) in [5.41, 5.74) is 9.40. The number of hydrogen-bond acceptors (Lipinski definition) is 3. The summed E-state index contributed by atoms with van der Waals surface area (Å²) in [6, 6.07) is 10.0. The molecule has 21 heavy (non-hydrogen) atoms. The van der Waals surface area contributed by atoms with Crippen LogP contribution in [0, 0.1) is 6.92 Å². The van der Waals surface area contributed by atoms with E-state index < -0.39 is 0 Å². The first kappa shape index (κ1) is 15.5. The van der Waals surface area contributed by atoms with Crippen molar-refractivity contribution >= 4 is 0 Å². The SMILES string of the molecule is Cc1cc(C(C)(C)C)ccc1Oc1ncccc1C(C)N. The summed E-state index contributed by atoms with van der Waals surface area (Å²) in [5.74, 6) is 1.41. The highest BCUT2D eigenvalue weighted by Gasteiger charge is 2.16. The van der Waals surface area contributed by atoms with Crippen molar-refractivity contribution in [2.75, 3.05) is 0 Å². The normalized spacial score (nSPS) is 13.0. The molecule has 0 fully saturated rings. The van der Waals surface area contributed by atoms with Gasteiger partial charge in [0.25, 0.3) is 0 Å². The highest BCUT2D eigenvalue weighted by molar-refractivity contribution is 5.42. The Kier molecular flexibility index (Phi) is 4.33. The van der Waals surface area contributed by atoms with Gasteiger partial charge in [-0.15, -0.1) is 0 Å². The van der Waals surface area contributed by atoms with Crippen LogP contribution in [0.4, 0.5) is 0 Å². The molecule has 3 nitrogen and oxygen atoms in total. The molecule has 0 saturated carbocycles. The standard InChI is InChI=1S/C18H24N2O/c1-12-11-14(18(3,4)5)8-9-16(12)21-17-15(13(2)19)7-6-10-20-17/h6-11,13H,19H2,1-5H3. The maximum absolute atomic E-state index is 5.98. The highest BCUT2D eigenvalue weighted by Crippen LogP contribution is 2.31. The number of aryl methyl sites for hydroxylation is 1.